The average molecular weight is 428 g/mol. The van der Waals surface area contributed by atoms with E-state index < -0.39 is 0 Å². The van der Waals surface area contributed by atoms with Crippen molar-refractivity contribution in [2.24, 2.45) is 0 Å². The monoisotopic (exact) mass is 425 g/mol. The number of halogens is 2. The van der Waals surface area contributed by atoms with Crippen molar-refractivity contribution in [3.05, 3.63) is 63.2 Å². The number of hydrogen-bond donors (Lipinski definition) is 0. The second-order valence-corrected chi connectivity index (χ2v) is 7.26. The molecule has 17 heavy (non-hydrogen) atoms. The third-order valence-corrected chi connectivity index (χ3v) is 6.18. The average Bonchev–Trinajstić information content (AvgIpc) is 2.88. The quantitative estimate of drug-likeness (QED) is 0.588. The van der Waals surface area contributed by atoms with E-state index in [9.17, 15) is 0 Å². The Labute approximate surface area is 133 Å². The van der Waals surface area contributed by atoms with Crippen molar-refractivity contribution in [3.63, 3.8) is 0 Å². The first-order chi connectivity index (χ1) is 8.20. The van der Waals surface area contributed by atoms with Gasteiger partial charge in [-0.05, 0) is 0 Å². The van der Waals surface area contributed by atoms with Crippen LogP contribution >= 0.6 is 31.9 Å². The van der Waals surface area contributed by atoms with Crippen LogP contribution in [0.2, 0.25) is 0 Å². The zero-order chi connectivity index (χ0) is 12.0. The van der Waals surface area contributed by atoms with Gasteiger partial charge in [-0.15, -0.1) is 0 Å². The van der Waals surface area contributed by atoms with Gasteiger partial charge in [0, 0.05) is 0 Å². The molecular weight excluding hydrogens is 419 g/mol. The van der Waals surface area contributed by atoms with E-state index in [1.165, 1.54) is 31.2 Å². The van der Waals surface area contributed by atoms with Crippen LogP contribution in [0, 0.1) is 0 Å². The van der Waals surface area contributed by atoms with Gasteiger partial charge in [-0.1, -0.05) is 0 Å². The molecule has 0 amide bonds. The van der Waals surface area contributed by atoms with E-state index in [0.29, 0.717) is 3.63 Å². The first-order valence-corrected chi connectivity index (χ1v) is 8.46. The summed E-state index contributed by atoms with van der Waals surface area (Å²) in [6, 6.07) is 6.49. The Hall–Kier alpha value is 0.283. The molecule has 0 fully saturated rings. The van der Waals surface area contributed by atoms with Gasteiger partial charge in [0.1, 0.15) is 0 Å². The summed E-state index contributed by atoms with van der Waals surface area (Å²) < 4.78 is 3.03. The van der Waals surface area contributed by atoms with Crippen molar-refractivity contribution in [3.8, 4) is 0 Å². The van der Waals surface area contributed by atoms with Crippen molar-refractivity contribution < 1.29 is 24.7 Å². The third kappa shape index (κ3) is 1.95. The van der Waals surface area contributed by atoms with E-state index >= 15 is 0 Å². The molecule has 0 bridgehead atoms. The zero-order valence-electron chi connectivity index (χ0n) is 9.00. The molecular formula is C14H9Br2Zr. The van der Waals surface area contributed by atoms with Crippen LogP contribution in [0.15, 0.2) is 52.0 Å². The van der Waals surface area contributed by atoms with Crippen molar-refractivity contribution in [2.75, 3.05) is 0 Å². The van der Waals surface area contributed by atoms with Crippen LogP contribution in [-0.2, 0) is 24.7 Å². The summed E-state index contributed by atoms with van der Waals surface area (Å²) in [6.45, 7) is 0. The molecule has 0 spiro atoms. The Morgan fingerprint density at radius 1 is 1.24 bits per heavy atom. The topological polar surface area (TPSA) is 0 Å². The predicted octanol–water partition coefficient (Wildman–Crippen LogP) is 5.04. The molecule has 1 aromatic rings. The summed E-state index contributed by atoms with van der Waals surface area (Å²) in [5.74, 6) is 0. The molecule has 2 aliphatic rings. The minimum absolute atomic E-state index is 0.565. The number of rotatable bonds is 1. The van der Waals surface area contributed by atoms with Gasteiger partial charge < -0.3 is 0 Å². The SMILES string of the molecule is BrC1=C(C2=CC=CC2)[CH]([Zr])c2cccc(Br)c21. The molecule has 0 nitrogen and oxygen atoms in total. The fourth-order valence-electron chi connectivity index (χ4n) is 2.40. The van der Waals surface area contributed by atoms with E-state index in [0.717, 1.165) is 6.42 Å². The molecule has 0 saturated heterocycles. The van der Waals surface area contributed by atoms with E-state index in [2.05, 4.69) is 68.3 Å². The van der Waals surface area contributed by atoms with E-state index in [1.807, 2.05) is 0 Å². The Kier molecular flexibility index (Phi) is 3.45. The second kappa shape index (κ2) is 4.75. The van der Waals surface area contributed by atoms with Gasteiger partial charge in [-0.25, -0.2) is 0 Å². The summed E-state index contributed by atoms with van der Waals surface area (Å²) in [6.07, 6.45) is 7.70. The van der Waals surface area contributed by atoms with Crippen molar-refractivity contribution in [1.82, 2.24) is 0 Å². The normalized spacial score (nSPS) is 21.9. The first-order valence-electron chi connectivity index (χ1n) is 5.46. The summed E-state index contributed by atoms with van der Waals surface area (Å²) >= 11 is 9.02. The standard InChI is InChI=1S/C14H9Br2.Zr/c15-12-7-3-6-10-8-11(14(16)13(10)12)9-4-1-2-5-9;/h1-4,6-8H,5H2;. The molecule has 83 valence electrons. The summed E-state index contributed by atoms with van der Waals surface area (Å²) in [5.41, 5.74) is 5.74. The summed E-state index contributed by atoms with van der Waals surface area (Å²) in [5, 5.41) is 0. The van der Waals surface area contributed by atoms with E-state index in [-0.39, 0.29) is 0 Å². The van der Waals surface area contributed by atoms with Gasteiger partial charge in [0.25, 0.3) is 0 Å². The van der Waals surface area contributed by atoms with Gasteiger partial charge in [0.05, 0.1) is 0 Å². The van der Waals surface area contributed by atoms with Crippen molar-refractivity contribution in [2.45, 2.75) is 10.0 Å². The maximum absolute atomic E-state index is 3.80. The van der Waals surface area contributed by atoms with Crippen LogP contribution in [0.25, 0.3) is 4.48 Å². The fourth-order valence-corrected chi connectivity index (χ4v) is 6.10. The fraction of sp³-hybridized carbons (Fsp3) is 0.143. The Balaban J connectivity index is 2.17. The molecule has 1 aromatic carbocycles. The molecule has 0 aromatic heterocycles. The Morgan fingerprint density at radius 2 is 2.06 bits per heavy atom. The van der Waals surface area contributed by atoms with Gasteiger partial charge in [-0.3, -0.25) is 0 Å². The number of allylic oxidation sites excluding steroid dienone is 5. The van der Waals surface area contributed by atoms with E-state index in [4.69, 9.17) is 0 Å². The maximum atomic E-state index is 3.80. The van der Waals surface area contributed by atoms with Crippen LogP contribution in [0.3, 0.4) is 0 Å². The molecule has 1 atom stereocenters. The van der Waals surface area contributed by atoms with Gasteiger partial charge >= 0.3 is 134 Å². The molecule has 2 aliphatic carbocycles. The van der Waals surface area contributed by atoms with Crippen LogP contribution in [0.1, 0.15) is 21.2 Å². The molecule has 3 heteroatoms. The number of fused-ring (bicyclic) bond motifs is 1. The van der Waals surface area contributed by atoms with Gasteiger partial charge in [-0.2, -0.15) is 0 Å². The Bertz CT molecular complexity index is 582. The first kappa shape index (κ1) is 12.3. The van der Waals surface area contributed by atoms with Crippen molar-refractivity contribution in [1.29, 1.82) is 0 Å². The summed E-state index contributed by atoms with van der Waals surface area (Å²) in [7, 11) is 0. The molecule has 0 N–H and O–H groups in total. The minimum atomic E-state index is 0.565. The van der Waals surface area contributed by atoms with Crippen LogP contribution in [-0.4, -0.2) is 0 Å². The van der Waals surface area contributed by atoms with Gasteiger partial charge in [0.15, 0.2) is 0 Å². The summed E-state index contributed by atoms with van der Waals surface area (Å²) in [4.78, 5) is 0. The Morgan fingerprint density at radius 3 is 2.71 bits per heavy atom. The van der Waals surface area contributed by atoms with Crippen LogP contribution < -0.4 is 0 Å². The zero-order valence-corrected chi connectivity index (χ0v) is 14.6. The molecule has 3 rings (SSSR count). The molecule has 0 aliphatic heterocycles. The number of hydrogen-bond acceptors (Lipinski definition) is 0. The number of benzene rings is 1. The van der Waals surface area contributed by atoms with Gasteiger partial charge in [0.2, 0.25) is 0 Å². The van der Waals surface area contributed by atoms with Crippen LogP contribution in [0.4, 0.5) is 0 Å². The third-order valence-electron chi connectivity index (χ3n) is 3.22. The van der Waals surface area contributed by atoms with Crippen LogP contribution in [0.5, 0.6) is 0 Å². The molecule has 0 saturated carbocycles. The van der Waals surface area contributed by atoms with Crippen molar-refractivity contribution >= 4 is 36.3 Å². The second-order valence-electron chi connectivity index (χ2n) is 4.19. The molecule has 1 unspecified atom stereocenters. The molecule has 0 heterocycles. The molecule has 0 radical (unpaired) electrons. The van der Waals surface area contributed by atoms with E-state index in [1.54, 1.807) is 24.7 Å². The predicted molar refractivity (Wildman–Crippen MR) is 74.6 cm³/mol.